The van der Waals surface area contributed by atoms with Crippen molar-refractivity contribution in [3.63, 3.8) is 0 Å². The number of carbonyl (C=O) groups excluding carboxylic acids is 1. The Labute approximate surface area is 286 Å². The Morgan fingerprint density at radius 1 is 0.875 bits per heavy atom. The van der Waals surface area contributed by atoms with Crippen molar-refractivity contribution in [2.24, 2.45) is 0 Å². The smallest absolute Gasteiger partial charge is 0.255 e. The lowest BCUT2D eigenvalue weighted by atomic mass is 10.1. The maximum atomic E-state index is 13.7. The predicted molar refractivity (Wildman–Crippen MR) is 187 cm³/mol. The Morgan fingerprint density at radius 2 is 1.54 bits per heavy atom. The highest BCUT2D eigenvalue weighted by molar-refractivity contribution is 7.91. The summed E-state index contributed by atoms with van der Waals surface area (Å²) in [6.45, 7) is 4.05. The van der Waals surface area contributed by atoms with Gasteiger partial charge in [-0.1, -0.05) is 90.5 Å². The van der Waals surface area contributed by atoms with E-state index in [0.717, 1.165) is 16.7 Å². The molecule has 0 unspecified atom stereocenters. The van der Waals surface area contributed by atoms with Crippen molar-refractivity contribution in [1.82, 2.24) is 15.2 Å². The van der Waals surface area contributed by atoms with E-state index in [0.29, 0.717) is 49.1 Å². The number of amides is 1. The molecule has 4 aromatic carbocycles. The number of carbonyl (C=O) groups is 1. The fourth-order valence-electron chi connectivity index (χ4n) is 5.24. The molecule has 248 valence electrons. The first-order valence-electron chi connectivity index (χ1n) is 15.7. The lowest BCUT2D eigenvalue weighted by molar-refractivity contribution is 0.0951. The van der Waals surface area contributed by atoms with Crippen LogP contribution in [0.2, 0.25) is 5.15 Å². The molecule has 5 rings (SSSR count). The van der Waals surface area contributed by atoms with Crippen LogP contribution < -0.4 is 10.1 Å². The fraction of sp³-hybridized carbons (Fsp3) is 0.211. The number of aliphatic hydroxyl groups is 1. The third kappa shape index (κ3) is 9.29. The van der Waals surface area contributed by atoms with Gasteiger partial charge in [0.25, 0.3) is 5.91 Å². The maximum Gasteiger partial charge on any atom is 0.255 e. The SMILES string of the molecule is CCNC(=O)c1cc(S(=O)(=O)c2ccc(CCN(Cc3ccccc3)C[C@H](O)c3ccc(Cl)nc3)cc2)ccc1OCc1ccccc1. The number of hydrogen-bond donors (Lipinski definition) is 2. The lowest BCUT2D eigenvalue weighted by Crippen LogP contribution is -2.30. The van der Waals surface area contributed by atoms with Crippen molar-refractivity contribution >= 4 is 27.3 Å². The minimum Gasteiger partial charge on any atom is -0.488 e. The molecule has 1 atom stereocenters. The van der Waals surface area contributed by atoms with Crippen LogP contribution in [0.1, 0.15) is 45.6 Å². The topological polar surface area (TPSA) is 109 Å². The van der Waals surface area contributed by atoms with Gasteiger partial charge in [0, 0.05) is 37.9 Å². The summed E-state index contributed by atoms with van der Waals surface area (Å²) in [5.41, 5.74) is 3.82. The van der Waals surface area contributed by atoms with Crippen molar-refractivity contribution in [3.8, 4) is 5.75 Å². The second-order valence-electron chi connectivity index (χ2n) is 11.3. The summed E-state index contributed by atoms with van der Waals surface area (Å²) in [6.07, 6.45) is 1.45. The number of sulfone groups is 1. The number of benzene rings is 4. The zero-order chi connectivity index (χ0) is 33.9. The highest BCUT2D eigenvalue weighted by atomic mass is 35.5. The number of aliphatic hydroxyl groups excluding tert-OH is 1. The van der Waals surface area contributed by atoms with Gasteiger partial charge in [-0.2, -0.15) is 0 Å². The molecule has 48 heavy (non-hydrogen) atoms. The summed E-state index contributed by atoms with van der Waals surface area (Å²) in [4.78, 5) is 19.3. The second-order valence-corrected chi connectivity index (χ2v) is 13.7. The van der Waals surface area contributed by atoms with E-state index in [-0.39, 0.29) is 22.0 Å². The molecule has 1 amide bonds. The molecule has 0 aliphatic carbocycles. The van der Waals surface area contributed by atoms with E-state index in [9.17, 15) is 18.3 Å². The van der Waals surface area contributed by atoms with Crippen LogP contribution in [0.5, 0.6) is 5.75 Å². The monoisotopic (exact) mass is 683 g/mol. The maximum absolute atomic E-state index is 13.7. The number of pyridine rings is 1. The highest BCUT2D eigenvalue weighted by Gasteiger charge is 2.22. The van der Waals surface area contributed by atoms with Crippen molar-refractivity contribution in [1.29, 1.82) is 0 Å². The first-order chi connectivity index (χ1) is 23.2. The van der Waals surface area contributed by atoms with Crippen molar-refractivity contribution in [3.05, 3.63) is 154 Å². The largest absolute Gasteiger partial charge is 0.488 e. The molecule has 10 heteroatoms. The highest BCUT2D eigenvalue weighted by Crippen LogP contribution is 2.28. The zero-order valence-electron chi connectivity index (χ0n) is 26.6. The normalized spacial score (nSPS) is 12.1. The van der Waals surface area contributed by atoms with Crippen LogP contribution in [0.15, 0.2) is 131 Å². The van der Waals surface area contributed by atoms with Crippen LogP contribution in [0.4, 0.5) is 0 Å². The average Bonchev–Trinajstić information content (AvgIpc) is 3.11. The second kappa shape index (κ2) is 16.5. The molecule has 0 aliphatic heterocycles. The van der Waals surface area contributed by atoms with Gasteiger partial charge in [-0.15, -0.1) is 0 Å². The Hall–Kier alpha value is -4.54. The van der Waals surface area contributed by atoms with Crippen LogP contribution >= 0.6 is 11.6 Å². The van der Waals surface area contributed by atoms with Crippen molar-refractivity contribution in [2.75, 3.05) is 19.6 Å². The number of nitrogens with zero attached hydrogens (tertiary/aromatic N) is 2. The minimum atomic E-state index is -3.93. The van der Waals surface area contributed by atoms with Crippen LogP contribution in [-0.4, -0.2) is 48.9 Å². The number of nitrogens with one attached hydrogen (secondary N) is 1. The van der Waals surface area contributed by atoms with Gasteiger partial charge in [0.1, 0.15) is 17.5 Å². The van der Waals surface area contributed by atoms with Crippen LogP contribution in [0, 0.1) is 0 Å². The van der Waals surface area contributed by atoms with Crippen molar-refractivity contribution < 1.29 is 23.1 Å². The van der Waals surface area contributed by atoms with E-state index in [1.807, 2.05) is 60.7 Å². The molecule has 0 aliphatic rings. The molecule has 2 N–H and O–H groups in total. The Bertz CT molecular complexity index is 1890. The first-order valence-corrected chi connectivity index (χ1v) is 17.6. The van der Waals surface area contributed by atoms with Gasteiger partial charge in [0.2, 0.25) is 9.84 Å². The van der Waals surface area contributed by atoms with Crippen LogP contribution in [-0.2, 0) is 29.4 Å². The third-order valence-electron chi connectivity index (χ3n) is 7.85. The van der Waals surface area contributed by atoms with E-state index >= 15 is 0 Å². The van der Waals surface area contributed by atoms with Crippen molar-refractivity contribution in [2.45, 2.75) is 42.4 Å². The van der Waals surface area contributed by atoms with Gasteiger partial charge in [0.15, 0.2) is 0 Å². The van der Waals surface area contributed by atoms with E-state index in [1.165, 1.54) is 18.2 Å². The van der Waals surface area contributed by atoms with E-state index in [2.05, 4.69) is 15.2 Å². The van der Waals surface area contributed by atoms with E-state index < -0.39 is 21.8 Å². The molecule has 0 bridgehead atoms. The van der Waals surface area contributed by atoms with E-state index in [1.54, 1.807) is 49.5 Å². The molecule has 0 saturated heterocycles. The summed E-state index contributed by atoms with van der Waals surface area (Å²) in [5, 5.41) is 14.1. The van der Waals surface area contributed by atoms with Gasteiger partial charge in [-0.3, -0.25) is 9.69 Å². The molecule has 0 radical (unpaired) electrons. The predicted octanol–water partition coefficient (Wildman–Crippen LogP) is 6.67. The lowest BCUT2D eigenvalue weighted by Gasteiger charge is -2.25. The number of aromatic nitrogens is 1. The third-order valence-corrected chi connectivity index (χ3v) is 9.84. The average molecular weight is 684 g/mol. The first kappa shape index (κ1) is 34.8. The molecular formula is C38H38ClN3O5S. The molecular weight excluding hydrogens is 646 g/mol. The minimum absolute atomic E-state index is 0.00303. The Morgan fingerprint density at radius 3 is 2.19 bits per heavy atom. The standard InChI is InChI=1S/C38H38ClN3O5S/c1-2-40-38(44)34-23-33(18-19-36(34)47-27-30-11-7-4-8-12-30)48(45,46)32-16-13-28(14-17-32)21-22-42(25-29-9-5-3-6-10-29)26-35(43)31-15-20-37(39)41-24-31/h3-20,23-24,35,43H,2,21-22,25-27H2,1H3,(H,40,44)/t35-/m0/s1. The summed E-state index contributed by atoms with van der Waals surface area (Å²) < 4.78 is 33.3. The summed E-state index contributed by atoms with van der Waals surface area (Å²) >= 11 is 5.93. The van der Waals surface area contributed by atoms with Gasteiger partial charge in [0.05, 0.1) is 21.5 Å². The summed E-state index contributed by atoms with van der Waals surface area (Å²) in [5.74, 6) is -0.109. The molecule has 8 nitrogen and oxygen atoms in total. The fourth-order valence-corrected chi connectivity index (χ4v) is 6.64. The molecule has 0 saturated carbocycles. The Kier molecular flexibility index (Phi) is 12.0. The summed E-state index contributed by atoms with van der Waals surface area (Å²) in [7, 11) is -3.93. The molecule has 5 aromatic rings. The molecule has 0 fully saturated rings. The quantitative estimate of drug-likeness (QED) is 0.119. The van der Waals surface area contributed by atoms with E-state index in [4.69, 9.17) is 16.3 Å². The summed E-state index contributed by atoms with van der Waals surface area (Å²) in [6, 6.07) is 34.1. The van der Waals surface area contributed by atoms with Crippen LogP contribution in [0.3, 0.4) is 0 Å². The Balaban J connectivity index is 1.30. The van der Waals surface area contributed by atoms with Gasteiger partial charge in [-0.05, 0) is 66.4 Å². The number of hydrogen-bond acceptors (Lipinski definition) is 7. The molecule has 1 aromatic heterocycles. The molecule has 1 heterocycles. The van der Waals surface area contributed by atoms with Gasteiger partial charge >= 0.3 is 0 Å². The molecule has 0 spiro atoms. The van der Waals surface area contributed by atoms with Crippen LogP contribution in [0.25, 0.3) is 0 Å². The van der Waals surface area contributed by atoms with Gasteiger partial charge in [-0.25, -0.2) is 13.4 Å². The zero-order valence-corrected chi connectivity index (χ0v) is 28.2. The number of ether oxygens (including phenoxy) is 1. The van der Waals surface area contributed by atoms with Gasteiger partial charge < -0.3 is 15.2 Å². The number of rotatable bonds is 15. The number of halogens is 1.